The molecule has 0 aliphatic rings. The first-order valence-corrected chi connectivity index (χ1v) is 4.18. The van der Waals surface area contributed by atoms with Crippen LogP contribution in [0, 0.1) is 12.3 Å². The van der Waals surface area contributed by atoms with Crippen LogP contribution in [0.4, 0.5) is 4.79 Å². The molecule has 0 heterocycles. The number of carbonyl (C=O) groups excluding carboxylic acids is 1. The van der Waals surface area contributed by atoms with Gasteiger partial charge in [-0.3, -0.25) is 0 Å². The molecular formula is C11H10O4. The van der Waals surface area contributed by atoms with Crippen molar-refractivity contribution < 1.29 is 19.0 Å². The summed E-state index contributed by atoms with van der Waals surface area (Å²) in [6.45, 7) is -0.108. The molecule has 15 heavy (non-hydrogen) atoms. The predicted molar refractivity (Wildman–Crippen MR) is 53.8 cm³/mol. The lowest BCUT2D eigenvalue weighted by Crippen LogP contribution is -2.10. The van der Waals surface area contributed by atoms with E-state index in [1.54, 1.807) is 24.3 Å². The second kappa shape index (κ2) is 5.55. The van der Waals surface area contributed by atoms with Crippen LogP contribution in [0.25, 0.3) is 0 Å². The van der Waals surface area contributed by atoms with Crippen molar-refractivity contribution in [2.45, 2.75) is 0 Å². The Morgan fingerprint density at radius 3 is 2.87 bits per heavy atom. The maximum absolute atomic E-state index is 11.0. The van der Waals surface area contributed by atoms with Gasteiger partial charge in [0.2, 0.25) is 0 Å². The summed E-state index contributed by atoms with van der Waals surface area (Å²) in [5.41, 5.74) is 0. The molecule has 0 radical (unpaired) electrons. The van der Waals surface area contributed by atoms with Crippen LogP contribution in [0.3, 0.4) is 0 Å². The van der Waals surface area contributed by atoms with E-state index in [2.05, 4.69) is 10.7 Å². The Hall–Kier alpha value is -2.15. The highest BCUT2D eigenvalue weighted by Gasteiger charge is 2.05. The van der Waals surface area contributed by atoms with Gasteiger partial charge in [0.05, 0.1) is 7.11 Å². The molecule has 4 heteroatoms. The molecule has 1 rings (SSSR count). The van der Waals surface area contributed by atoms with Crippen LogP contribution in [0.5, 0.6) is 11.5 Å². The molecule has 0 N–H and O–H groups in total. The summed E-state index contributed by atoms with van der Waals surface area (Å²) in [5.74, 6) is 3.10. The van der Waals surface area contributed by atoms with E-state index < -0.39 is 6.16 Å². The van der Waals surface area contributed by atoms with Gasteiger partial charge >= 0.3 is 6.16 Å². The van der Waals surface area contributed by atoms with Crippen molar-refractivity contribution in [3.63, 3.8) is 0 Å². The van der Waals surface area contributed by atoms with Crippen molar-refractivity contribution >= 4 is 6.16 Å². The molecule has 0 spiro atoms. The maximum Gasteiger partial charge on any atom is 0.514 e. The van der Waals surface area contributed by atoms with Gasteiger partial charge in [-0.25, -0.2) is 4.79 Å². The summed E-state index contributed by atoms with van der Waals surface area (Å²) in [6.07, 6.45) is 4.08. The fourth-order valence-corrected chi connectivity index (χ4v) is 0.891. The quantitative estimate of drug-likeness (QED) is 0.430. The lowest BCUT2D eigenvalue weighted by atomic mass is 10.3. The van der Waals surface area contributed by atoms with Crippen molar-refractivity contribution in [1.29, 1.82) is 0 Å². The normalized spacial score (nSPS) is 8.80. The lowest BCUT2D eigenvalue weighted by Gasteiger charge is -2.04. The summed E-state index contributed by atoms with van der Waals surface area (Å²) < 4.78 is 14.3. The number of methoxy groups -OCH3 is 1. The third-order valence-electron chi connectivity index (χ3n) is 1.52. The van der Waals surface area contributed by atoms with Crippen LogP contribution in [-0.2, 0) is 4.74 Å². The molecule has 0 atom stereocenters. The molecule has 0 unspecified atom stereocenters. The predicted octanol–water partition coefficient (Wildman–Crippen LogP) is 1.84. The Morgan fingerprint density at radius 2 is 2.20 bits per heavy atom. The molecule has 0 saturated heterocycles. The minimum Gasteiger partial charge on any atom is -0.497 e. The first kappa shape index (κ1) is 10.9. The smallest absolute Gasteiger partial charge is 0.497 e. The van der Waals surface area contributed by atoms with E-state index in [4.69, 9.17) is 15.9 Å². The second-order valence-electron chi connectivity index (χ2n) is 2.52. The summed E-state index contributed by atoms with van der Waals surface area (Å²) in [4.78, 5) is 11.0. The monoisotopic (exact) mass is 206 g/mol. The number of carbonyl (C=O) groups is 1. The van der Waals surface area contributed by atoms with E-state index in [1.807, 2.05) is 0 Å². The molecular weight excluding hydrogens is 196 g/mol. The Labute approximate surface area is 87.8 Å². The van der Waals surface area contributed by atoms with E-state index in [0.717, 1.165) is 0 Å². The number of terminal acetylenes is 1. The Morgan fingerprint density at radius 1 is 1.47 bits per heavy atom. The highest BCUT2D eigenvalue weighted by Crippen LogP contribution is 2.19. The minimum atomic E-state index is -0.832. The first-order chi connectivity index (χ1) is 7.26. The van der Waals surface area contributed by atoms with Gasteiger partial charge in [-0.1, -0.05) is 12.0 Å². The molecule has 78 valence electrons. The molecule has 0 bridgehead atoms. The number of rotatable bonds is 3. The Balaban J connectivity index is 2.57. The molecule has 1 aromatic carbocycles. The van der Waals surface area contributed by atoms with Crippen LogP contribution in [0.1, 0.15) is 0 Å². The fourth-order valence-electron chi connectivity index (χ4n) is 0.891. The second-order valence-corrected chi connectivity index (χ2v) is 2.52. The molecule has 0 aliphatic heterocycles. The number of ether oxygens (including phenoxy) is 3. The van der Waals surface area contributed by atoms with Crippen LogP contribution in [0.15, 0.2) is 24.3 Å². The molecule has 4 nitrogen and oxygen atoms in total. The van der Waals surface area contributed by atoms with Crippen LogP contribution in [-0.4, -0.2) is 19.9 Å². The van der Waals surface area contributed by atoms with Gasteiger partial charge in [-0.2, -0.15) is 0 Å². The largest absolute Gasteiger partial charge is 0.514 e. The van der Waals surface area contributed by atoms with E-state index in [0.29, 0.717) is 11.5 Å². The Kier molecular flexibility index (Phi) is 4.05. The Bertz CT molecular complexity index is 378. The van der Waals surface area contributed by atoms with Gasteiger partial charge in [-0.05, 0) is 12.1 Å². The molecule has 1 aromatic rings. The third-order valence-corrected chi connectivity index (χ3v) is 1.52. The zero-order chi connectivity index (χ0) is 11.1. The van der Waals surface area contributed by atoms with E-state index in [-0.39, 0.29) is 6.61 Å². The van der Waals surface area contributed by atoms with Gasteiger partial charge in [0, 0.05) is 6.07 Å². The van der Waals surface area contributed by atoms with Gasteiger partial charge < -0.3 is 14.2 Å². The third kappa shape index (κ3) is 3.61. The summed E-state index contributed by atoms with van der Waals surface area (Å²) in [6, 6.07) is 6.61. The van der Waals surface area contributed by atoms with Gasteiger partial charge in [0.25, 0.3) is 0 Å². The maximum atomic E-state index is 11.0. The summed E-state index contributed by atoms with van der Waals surface area (Å²) >= 11 is 0. The fraction of sp³-hybridized carbons (Fsp3) is 0.182. The molecule has 0 fully saturated rings. The summed E-state index contributed by atoms with van der Waals surface area (Å²) in [7, 11) is 1.52. The van der Waals surface area contributed by atoms with Crippen LogP contribution < -0.4 is 9.47 Å². The lowest BCUT2D eigenvalue weighted by molar-refractivity contribution is 0.111. The molecule has 0 aromatic heterocycles. The summed E-state index contributed by atoms with van der Waals surface area (Å²) in [5, 5.41) is 0. The topological polar surface area (TPSA) is 44.8 Å². The zero-order valence-corrected chi connectivity index (χ0v) is 8.23. The highest BCUT2D eigenvalue weighted by molar-refractivity contribution is 5.64. The van der Waals surface area contributed by atoms with Crippen LogP contribution in [0.2, 0.25) is 0 Å². The first-order valence-electron chi connectivity index (χ1n) is 4.18. The molecule has 0 amide bonds. The average molecular weight is 206 g/mol. The number of hydrogen-bond donors (Lipinski definition) is 0. The van der Waals surface area contributed by atoms with E-state index in [1.165, 1.54) is 7.11 Å². The van der Waals surface area contributed by atoms with Crippen molar-refractivity contribution in [3.8, 4) is 23.8 Å². The number of hydrogen-bond acceptors (Lipinski definition) is 4. The van der Waals surface area contributed by atoms with Crippen LogP contribution >= 0.6 is 0 Å². The van der Waals surface area contributed by atoms with Gasteiger partial charge in [0.15, 0.2) is 6.61 Å². The van der Waals surface area contributed by atoms with Gasteiger partial charge in [-0.15, -0.1) is 6.42 Å². The van der Waals surface area contributed by atoms with Crippen molar-refractivity contribution in [2.75, 3.05) is 13.7 Å². The average Bonchev–Trinajstić information content (AvgIpc) is 2.26. The van der Waals surface area contributed by atoms with Crippen molar-refractivity contribution in [3.05, 3.63) is 24.3 Å². The highest BCUT2D eigenvalue weighted by atomic mass is 16.7. The van der Waals surface area contributed by atoms with E-state index in [9.17, 15) is 4.79 Å². The van der Waals surface area contributed by atoms with Gasteiger partial charge in [0.1, 0.15) is 11.5 Å². The molecule has 0 saturated carbocycles. The van der Waals surface area contributed by atoms with Crippen molar-refractivity contribution in [2.24, 2.45) is 0 Å². The number of benzene rings is 1. The zero-order valence-electron chi connectivity index (χ0n) is 8.23. The minimum absolute atomic E-state index is 0.108. The van der Waals surface area contributed by atoms with Crippen molar-refractivity contribution in [1.82, 2.24) is 0 Å². The standard InChI is InChI=1S/C11H10O4/c1-3-7-14-11(12)15-10-6-4-5-9(8-10)13-2/h1,4-6,8H,7H2,2H3. The van der Waals surface area contributed by atoms with E-state index >= 15 is 0 Å². The SMILES string of the molecule is C#CCOC(=O)Oc1cccc(OC)c1. The molecule has 0 aliphatic carbocycles.